The highest BCUT2D eigenvalue weighted by molar-refractivity contribution is 7.99. The first kappa shape index (κ1) is 36.4. The van der Waals surface area contributed by atoms with E-state index in [1.165, 1.54) is 55.9 Å². The maximum Gasteiger partial charge on any atom is 0.334 e. The SMILES string of the molecule is CO[Si](C)(CCCSCCc1ccc(CN=C2C=CC(=C(c3ccc(N(C)C)cc3)c3ccc(N(C)C)cc3)c3ccccc32)cc1)OC. The monoisotopic (exact) mass is 689 g/mol. The van der Waals surface area contributed by atoms with Gasteiger partial charge in [0.2, 0.25) is 0 Å². The Hall–Kier alpha value is -3.88. The Balaban J connectivity index is 1.33. The lowest BCUT2D eigenvalue weighted by molar-refractivity contribution is 0.249. The van der Waals surface area contributed by atoms with Gasteiger partial charge in [0.05, 0.1) is 12.3 Å². The van der Waals surface area contributed by atoms with Gasteiger partial charge in [-0.3, -0.25) is 4.99 Å². The molecule has 0 radical (unpaired) electrons. The third-order valence-electron chi connectivity index (χ3n) is 9.29. The van der Waals surface area contributed by atoms with Crippen LogP contribution in [-0.2, 0) is 21.8 Å². The van der Waals surface area contributed by atoms with Crippen LogP contribution in [0.25, 0.3) is 11.1 Å². The quantitative estimate of drug-likeness (QED) is 0.0919. The summed E-state index contributed by atoms with van der Waals surface area (Å²) in [6.07, 6.45) is 6.66. The van der Waals surface area contributed by atoms with Crippen LogP contribution in [0.5, 0.6) is 0 Å². The second-order valence-electron chi connectivity index (χ2n) is 13.1. The van der Waals surface area contributed by atoms with Crippen LogP contribution in [0, 0.1) is 0 Å². The van der Waals surface area contributed by atoms with Crippen molar-refractivity contribution in [2.45, 2.75) is 32.0 Å². The smallest absolute Gasteiger partial charge is 0.334 e. The number of anilines is 2. The number of hydrogen-bond acceptors (Lipinski definition) is 6. The van der Waals surface area contributed by atoms with Crippen molar-refractivity contribution in [1.29, 1.82) is 0 Å². The van der Waals surface area contributed by atoms with Crippen LogP contribution in [0.15, 0.2) is 114 Å². The van der Waals surface area contributed by atoms with Crippen molar-refractivity contribution in [2.75, 3.05) is 63.7 Å². The van der Waals surface area contributed by atoms with Gasteiger partial charge >= 0.3 is 8.56 Å². The number of fused-ring (bicyclic) bond motifs is 1. The van der Waals surface area contributed by atoms with E-state index in [1.807, 2.05) is 11.8 Å². The lowest BCUT2D eigenvalue weighted by Crippen LogP contribution is -2.35. The summed E-state index contributed by atoms with van der Waals surface area (Å²) in [6.45, 7) is 2.78. The van der Waals surface area contributed by atoms with Gasteiger partial charge in [0.25, 0.3) is 0 Å². The summed E-state index contributed by atoms with van der Waals surface area (Å²) < 4.78 is 11.2. The number of thioether (sulfide) groups is 1. The fourth-order valence-corrected chi connectivity index (χ4v) is 8.61. The number of nitrogens with zero attached hydrogens (tertiary/aromatic N) is 3. The molecule has 0 N–H and O–H groups in total. The first-order valence-corrected chi connectivity index (χ1v) is 20.8. The molecule has 1 aliphatic rings. The van der Waals surface area contributed by atoms with Gasteiger partial charge in [0.15, 0.2) is 0 Å². The first-order chi connectivity index (χ1) is 23.7. The van der Waals surface area contributed by atoms with Crippen LogP contribution in [0.2, 0.25) is 12.6 Å². The Morgan fingerprint density at radius 3 is 1.78 bits per heavy atom. The Labute approximate surface area is 299 Å². The zero-order chi connectivity index (χ0) is 34.8. The van der Waals surface area contributed by atoms with E-state index in [-0.39, 0.29) is 0 Å². The van der Waals surface area contributed by atoms with E-state index < -0.39 is 8.56 Å². The van der Waals surface area contributed by atoms with Gasteiger partial charge in [-0.05, 0) is 106 Å². The van der Waals surface area contributed by atoms with E-state index in [2.05, 4.69) is 154 Å². The largest absolute Gasteiger partial charge is 0.398 e. The molecule has 4 aromatic rings. The molecule has 4 aromatic carbocycles. The molecular weight excluding hydrogens is 639 g/mol. The van der Waals surface area contributed by atoms with Gasteiger partial charge in [-0.25, -0.2) is 0 Å². The average Bonchev–Trinajstić information content (AvgIpc) is 3.13. The highest BCUT2D eigenvalue weighted by atomic mass is 32.2. The summed E-state index contributed by atoms with van der Waals surface area (Å²) in [5.74, 6) is 2.27. The number of allylic oxidation sites excluding steroid dienone is 3. The number of benzene rings is 4. The van der Waals surface area contributed by atoms with Crippen molar-refractivity contribution in [3.63, 3.8) is 0 Å². The number of hydrogen-bond donors (Lipinski definition) is 0. The third kappa shape index (κ3) is 9.43. The van der Waals surface area contributed by atoms with Crippen LogP contribution in [-0.4, -0.2) is 68.2 Å². The van der Waals surface area contributed by atoms with Crippen molar-refractivity contribution in [3.05, 3.63) is 143 Å². The maximum absolute atomic E-state index is 5.61. The molecule has 1 aliphatic carbocycles. The summed E-state index contributed by atoms with van der Waals surface area (Å²) in [7, 11) is 9.91. The highest BCUT2D eigenvalue weighted by Crippen LogP contribution is 2.38. The predicted molar refractivity (Wildman–Crippen MR) is 216 cm³/mol. The first-order valence-electron chi connectivity index (χ1n) is 17.1. The molecule has 0 fully saturated rings. The fourth-order valence-electron chi connectivity index (χ4n) is 6.03. The van der Waals surface area contributed by atoms with Gasteiger partial charge in [0.1, 0.15) is 0 Å². The van der Waals surface area contributed by atoms with Crippen molar-refractivity contribution in [1.82, 2.24) is 0 Å². The second-order valence-corrected chi connectivity index (χ2v) is 17.9. The Bertz CT molecular complexity index is 1700. The van der Waals surface area contributed by atoms with Gasteiger partial charge in [-0.1, -0.05) is 78.9 Å². The number of aryl methyl sites for hydroxylation is 1. The fraction of sp³-hybridized carbons (Fsp3) is 0.310. The number of rotatable bonds is 15. The topological polar surface area (TPSA) is 37.3 Å². The molecule has 256 valence electrons. The van der Waals surface area contributed by atoms with Gasteiger partial charge in [-0.2, -0.15) is 11.8 Å². The Kier molecular flexibility index (Phi) is 12.8. The minimum absolute atomic E-state index is 0.647. The van der Waals surface area contributed by atoms with Gasteiger partial charge in [-0.15, -0.1) is 0 Å². The third-order valence-corrected chi connectivity index (χ3v) is 13.3. The lowest BCUT2D eigenvalue weighted by Gasteiger charge is -2.22. The van der Waals surface area contributed by atoms with Crippen molar-refractivity contribution in [3.8, 4) is 0 Å². The molecule has 0 saturated heterocycles. The molecule has 0 spiro atoms. The Morgan fingerprint density at radius 1 is 0.673 bits per heavy atom. The summed E-state index contributed by atoms with van der Waals surface area (Å²) in [5, 5.41) is 0. The van der Waals surface area contributed by atoms with Crippen molar-refractivity contribution >= 4 is 48.6 Å². The van der Waals surface area contributed by atoms with Crippen LogP contribution >= 0.6 is 11.8 Å². The normalized spacial score (nSPS) is 13.4. The molecule has 5 nitrogen and oxygen atoms in total. The number of aliphatic imine (C=N–C) groups is 1. The standard InChI is InChI=1S/C42H51N3O2SSi/c1-44(2)36-21-17-34(18-22-36)42(35-19-23-37(24-20-35)45(3)4)40-25-26-41(39-12-9-8-11-38(39)40)43-31-33-15-13-32(14-16-33)27-29-48-28-10-30-49(7,46-5)47-6/h8-9,11-26H,10,27-31H2,1-7H3. The molecular formula is C42H51N3O2SSi. The average molecular weight is 690 g/mol. The molecule has 5 rings (SSSR count). The van der Waals surface area contributed by atoms with E-state index in [0.29, 0.717) is 6.54 Å². The molecule has 0 saturated carbocycles. The molecule has 0 heterocycles. The molecule has 7 heteroatoms. The van der Waals surface area contributed by atoms with Crippen molar-refractivity contribution in [2.24, 2.45) is 4.99 Å². The predicted octanol–water partition coefficient (Wildman–Crippen LogP) is 9.37. The van der Waals surface area contributed by atoms with Crippen LogP contribution < -0.4 is 9.80 Å². The molecule has 0 aromatic heterocycles. The summed E-state index contributed by atoms with van der Waals surface area (Å²) in [4.78, 5) is 9.41. The summed E-state index contributed by atoms with van der Waals surface area (Å²) in [5.41, 5.74) is 13.2. The van der Waals surface area contributed by atoms with Crippen LogP contribution in [0.3, 0.4) is 0 Å². The van der Waals surface area contributed by atoms with E-state index >= 15 is 0 Å². The zero-order valence-corrected chi connectivity index (χ0v) is 32.0. The molecule has 49 heavy (non-hydrogen) atoms. The van der Waals surface area contributed by atoms with Crippen LogP contribution in [0.1, 0.15) is 39.8 Å². The van der Waals surface area contributed by atoms with E-state index in [9.17, 15) is 0 Å². The van der Waals surface area contributed by atoms with E-state index in [4.69, 9.17) is 13.8 Å². The maximum atomic E-state index is 5.61. The minimum Gasteiger partial charge on any atom is -0.398 e. The van der Waals surface area contributed by atoms with E-state index in [0.717, 1.165) is 36.1 Å². The van der Waals surface area contributed by atoms with E-state index in [1.54, 1.807) is 14.2 Å². The second kappa shape index (κ2) is 17.2. The van der Waals surface area contributed by atoms with Crippen molar-refractivity contribution < 1.29 is 8.85 Å². The molecule has 0 unspecified atom stereocenters. The molecule has 0 atom stereocenters. The summed E-state index contributed by atoms with van der Waals surface area (Å²) in [6, 6.07) is 36.4. The molecule has 0 bridgehead atoms. The van der Waals surface area contributed by atoms with Crippen LogP contribution in [0.4, 0.5) is 11.4 Å². The Morgan fingerprint density at radius 2 is 1.22 bits per heavy atom. The minimum atomic E-state index is -1.95. The zero-order valence-electron chi connectivity index (χ0n) is 30.2. The van der Waals surface area contributed by atoms with Gasteiger partial charge in [0, 0.05) is 59.3 Å². The lowest BCUT2D eigenvalue weighted by atomic mass is 9.83. The highest BCUT2D eigenvalue weighted by Gasteiger charge is 2.27. The molecule has 0 amide bonds. The summed E-state index contributed by atoms with van der Waals surface area (Å²) >= 11 is 2.01. The molecule has 0 aliphatic heterocycles. The van der Waals surface area contributed by atoms with Gasteiger partial charge < -0.3 is 18.7 Å².